The number of rotatable bonds is 3. The largest absolute Gasteiger partial charge is 0.329 e. The number of aryl methyl sites for hydroxylation is 2. The minimum atomic E-state index is -0.217. The van der Waals surface area contributed by atoms with Gasteiger partial charge in [0.25, 0.3) is 5.91 Å². The first kappa shape index (κ1) is 14.8. The Balaban J connectivity index is 1.90. The maximum atomic E-state index is 12.4. The van der Waals surface area contributed by atoms with Gasteiger partial charge in [0.2, 0.25) is 0 Å². The molecule has 0 aliphatic heterocycles. The van der Waals surface area contributed by atoms with Gasteiger partial charge < -0.3 is 9.88 Å². The number of carbonyl (C=O) groups excluding carboxylic acids is 1. The van der Waals surface area contributed by atoms with Gasteiger partial charge in [-0.15, -0.1) is 0 Å². The van der Waals surface area contributed by atoms with Crippen molar-refractivity contribution in [1.29, 1.82) is 5.26 Å². The van der Waals surface area contributed by atoms with E-state index >= 15 is 0 Å². The SMILES string of the molecule is CCn1c(C)nc2cc(C(=O)Nc3cccc(C#N)c3)ccc21. The van der Waals surface area contributed by atoms with Crippen LogP contribution in [0.3, 0.4) is 0 Å². The molecule has 0 aliphatic carbocycles. The Morgan fingerprint density at radius 1 is 1.30 bits per heavy atom. The lowest BCUT2D eigenvalue weighted by Gasteiger charge is -2.06. The van der Waals surface area contributed by atoms with Crippen molar-refractivity contribution in [1.82, 2.24) is 9.55 Å². The summed E-state index contributed by atoms with van der Waals surface area (Å²) in [4.78, 5) is 16.9. The predicted octanol–water partition coefficient (Wildman–Crippen LogP) is 3.49. The molecule has 114 valence electrons. The summed E-state index contributed by atoms with van der Waals surface area (Å²) >= 11 is 0. The van der Waals surface area contributed by atoms with Gasteiger partial charge in [0.05, 0.1) is 22.7 Å². The fourth-order valence-corrected chi connectivity index (χ4v) is 2.66. The summed E-state index contributed by atoms with van der Waals surface area (Å²) in [5.41, 5.74) is 3.48. The average Bonchev–Trinajstić information content (AvgIpc) is 2.89. The van der Waals surface area contributed by atoms with Crippen LogP contribution in [0.2, 0.25) is 0 Å². The highest BCUT2D eigenvalue weighted by atomic mass is 16.1. The number of hydrogen-bond acceptors (Lipinski definition) is 3. The first-order chi connectivity index (χ1) is 11.1. The molecular weight excluding hydrogens is 288 g/mol. The van der Waals surface area contributed by atoms with Crippen LogP contribution in [0.25, 0.3) is 11.0 Å². The van der Waals surface area contributed by atoms with Crippen LogP contribution in [-0.2, 0) is 6.54 Å². The molecule has 5 heteroatoms. The normalized spacial score (nSPS) is 10.5. The van der Waals surface area contributed by atoms with Crippen molar-refractivity contribution in [3.63, 3.8) is 0 Å². The molecule has 0 unspecified atom stereocenters. The minimum Gasteiger partial charge on any atom is -0.329 e. The third-order valence-electron chi connectivity index (χ3n) is 3.77. The Morgan fingerprint density at radius 3 is 2.87 bits per heavy atom. The zero-order chi connectivity index (χ0) is 16.4. The number of amides is 1. The lowest BCUT2D eigenvalue weighted by Crippen LogP contribution is -2.11. The Morgan fingerprint density at radius 2 is 2.13 bits per heavy atom. The second-order valence-electron chi connectivity index (χ2n) is 5.25. The average molecular weight is 304 g/mol. The van der Waals surface area contributed by atoms with Crippen LogP contribution in [-0.4, -0.2) is 15.5 Å². The molecule has 0 saturated heterocycles. The molecule has 3 rings (SSSR count). The molecule has 0 spiro atoms. The van der Waals surface area contributed by atoms with E-state index in [9.17, 15) is 4.79 Å². The monoisotopic (exact) mass is 304 g/mol. The quantitative estimate of drug-likeness (QED) is 0.805. The van der Waals surface area contributed by atoms with E-state index in [2.05, 4.69) is 27.9 Å². The molecule has 0 radical (unpaired) electrons. The van der Waals surface area contributed by atoms with Gasteiger partial charge in [-0.05, 0) is 50.2 Å². The molecule has 0 saturated carbocycles. The van der Waals surface area contributed by atoms with E-state index in [0.29, 0.717) is 16.8 Å². The molecule has 1 heterocycles. The Labute approximate surface area is 134 Å². The molecule has 1 amide bonds. The van der Waals surface area contributed by atoms with Gasteiger partial charge in [0, 0.05) is 17.8 Å². The van der Waals surface area contributed by atoms with Crippen molar-refractivity contribution in [2.75, 3.05) is 5.32 Å². The van der Waals surface area contributed by atoms with Gasteiger partial charge in [-0.2, -0.15) is 5.26 Å². The number of nitrogens with one attached hydrogen (secondary N) is 1. The standard InChI is InChI=1S/C18H16N4O/c1-3-22-12(2)20-16-10-14(7-8-17(16)22)18(23)21-15-6-4-5-13(9-15)11-19/h4-10H,3H2,1-2H3,(H,21,23). The van der Waals surface area contributed by atoms with Crippen LogP contribution in [0, 0.1) is 18.3 Å². The lowest BCUT2D eigenvalue weighted by atomic mass is 10.1. The van der Waals surface area contributed by atoms with Gasteiger partial charge in [-0.3, -0.25) is 4.79 Å². The highest BCUT2D eigenvalue weighted by molar-refractivity contribution is 6.06. The zero-order valence-electron chi connectivity index (χ0n) is 13.0. The van der Waals surface area contributed by atoms with Crippen LogP contribution >= 0.6 is 0 Å². The molecule has 0 aliphatic rings. The van der Waals surface area contributed by atoms with Crippen LogP contribution in [0.4, 0.5) is 5.69 Å². The zero-order valence-corrected chi connectivity index (χ0v) is 13.0. The topological polar surface area (TPSA) is 70.7 Å². The van der Waals surface area contributed by atoms with Gasteiger partial charge in [0.1, 0.15) is 5.82 Å². The number of nitriles is 1. The summed E-state index contributed by atoms with van der Waals surface area (Å²) in [6, 6.07) is 14.4. The maximum Gasteiger partial charge on any atom is 0.255 e. The van der Waals surface area contributed by atoms with Gasteiger partial charge in [-0.25, -0.2) is 4.98 Å². The summed E-state index contributed by atoms with van der Waals surface area (Å²) in [5.74, 6) is 0.715. The van der Waals surface area contributed by atoms with E-state index in [0.717, 1.165) is 23.4 Å². The lowest BCUT2D eigenvalue weighted by molar-refractivity contribution is 0.102. The summed E-state index contributed by atoms with van der Waals surface area (Å²) < 4.78 is 2.10. The summed E-state index contributed by atoms with van der Waals surface area (Å²) in [7, 11) is 0. The van der Waals surface area contributed by atoms with Crippen LogP contribution < -0.4 is 5.32 Å². The number of anilines is 1. The Hall–Kier alpha value is -3.13. The summed E-state index contributed by atoms with van der Waals surface area (Å²) in [5, 5.41) is 11.7. The first-order valence-corrected chi connectivity index (χ1v) is 7.40. The molecule has 1 aromatic heterocycles. The molecule has 3 aromatic rings. The predicted molar refractivity (Wildman–Crippen MR) is 89.3 cm³/mol. The highest BCUT2D eigenvalue weighted by Gasteiger charge is 2.11. The molecular formula is C18H16N4O. The second-order valence-corrected chi connectivity index (χ2v) is 5.25. The van der Waals surface area contributed by atoms with Crippen molar-refractivity contribution in [3.8, 4) is 6.07 Å². The van der Waals surface area contributed by atoms with Crippen LogP contribution in [0.15, 0.2) is 42.5 Å². The van der Waals surface area contributed by atoms with Crippen molar-refractivity contribution in [2.24, 2.45) is 0 Å². The first-order valence-electron chi connectivity index (χ1n) is 7.40. The van der Waals surface area contributed by atoms with E-state index in [4.69, 9.17) is 5.26 Å². The van der Waals surface area contributed by atoms with E-state index in [1.165, 1.54) is 0 Å². The fourth-order valence-electron chi connectivity index (χ4n) is 2.66. The van der Waals surface area contributed by atoms with Crippen LogP contribution in [0.5, 0.6) is 0 Å². The molecule has 5 nitrogen and oxygen atoms in total. The molecule has 0 fully saturated rings. The van der Waals surface area contributed by atoms with Crippen molar-refractivity contribution in [2.45, 2.75) is 20.4 Å². The van der Waals surface area contributed by atoms with Gasteiger partial charge in [0.15, 0.2) is 0 Å². The smallest absolute Gasteiger partial charge is 0.255 e. The third kappa shape index (κ3) is 2.79. The van der Waals surface area contributed by atoms with Crippen molar-refractivity contribution < 1.29 is 4.79 Å². The van der Waals surface area contributed by atoms with E-state index in [1.54, 1.807) is 36.4 Å². The Bertz CT molecular complexity index is 934. The number of benzene rings is 2. The fraction of sp³-hybridized carbons (Fsp3) is 0.167. The third-order valence-corrected chi connectivity index (χ3v) is 3.77. The maximum absolute atomic E-state index is 12.4. The van der Waals surface area contributed by atoms with E-state index in [-0.39, 0.29) is 5.91 Å². The number of carbonyl (C=O) groups is 1. The van der Waals surface area contributed by atoms with E-state index < -0.39 is 0 Å². The number of imidazole rings is 1. The molecule has 2 aromatic carbocycles. The number of hydrogen-bond donors (Lipinski definition) is 1. The van der Waals surface area contributed by atoms with Crippen molar-refractivity contribution >= 4 is 22.6 Å². The molecule has 0 bridgehead atoms. The second kappa shape index (κ2) is 5.93. The molecule has 23 heavy (non-hydrogen) atoms. The van der Waals surface area contributed by atoms with Crippen molar-refractivity contribution in [3.05, 3.63) is 59.4 Å². The number of nitrogens with zero attached hydrogens (tertiary/aromatic N) is 3. The minimum absolute atomic E-state index is 0.217. The van der Waals surface area contributed by atoms with Crippen LogP contribution in [0.1, 0.15) is 28.7 Å². The van der Waals surface area contributed by atoms with Gasteiger partial charge >= 0.3 is 0 Å². The molecule has 0 atom stereocenters. The van der Waals surface area contributed by atoms with Gasteiger partial charge in [-0.1, -0.05) is 6.07 Å². The number of aromatic nitrogens is 2. The molecule has 1 N–H and O–H groups in total. The summed E-state index contributed by atoms with van der Waals surface area (Å²) in [6.45, 7) is 4.86. The van der Waals surface area contributed by atoms with E-state index in [1.807, 2.05) is 13.0 Å². The Kier molecular flexibility index (Phi) is 3.82. The summed E-state index contributed by atoms with van der Waals surface area (Å²) in [6.07, 6.45) is 0. The number of fused-ring (bicyclic) bond motifs is 1. The highest BCUT2D eigenvalue weighted by Crippen LogP contribution is 2.19.